The number of guanidine groups is 1. The molecule has 8 nitrogen and oxygen atoms in total. The lowest BCUT2D eigenvalue weighted by atomic mass is 10.4. The average molecular weight is 314 g/mol. The van der Waals surface area contributed by atoms with Crippen LogP contribution in [0.4, 0.5) is 0 Å². The molecule has 23 heavy (non-hydrogen) atoms. The predicted molar refractivity (Wildman–Crippen MR) is 84.4 cm³/mol. The molecule has 0 aliphatic carbocycles. The molecule has 0 fully saturated rings. The van der Waals surface area contributed by atoms with Gasteiger partial charge in [0.05, 0.1) is 19.1 Å². The third-order valence-corrected chi connectivity index (χ3v) is 3.01. The number of hydrogen-bond donors (Lipinski definition) is 3. The summed E-state index contributed by atoms with van der Waals surface area (Å²) in [6.07, 6.45) is 3.23. The molecule has 3 N–H and O–H groups in total. The van der Waals surface area contributed by atoms with Crippen molar-refractivity contribution in [2.75, 3.05) is 6.54 Å². The molecule has 8 heteroatoms. The molecule has 0 unspecified atom stereocenters. The first-order valence-corrected chi connectivity index (χ1v) is 7.35. The highest BCUT2D eigenvalue weighted by Gasteiger charge is 2.08. The van der Waals surface area contributed by atoms with Crippen LogP contribution in [-0.4, -0.2) is 27.7 Å². The fraction of sp³-hybridized carbons (Fsp3) is 0.267. The van der Waals surface area contributed by atoms with Crippen LogP contribution in [0.3, 0.4) is 0 Å². The Bertz CT molecular complexity index is 730. The zero-order valence-electron chi connectivity index (χ0n) is 12.7. The largest absolute Gasteiger partial charge is 0.467 e. The van der Waals surface area contributed by atoms with Gasteiger partial charge in [0.1, 0.15) is 18.1 Å². The number of furan rings is 2. The summed E-state index contributed by atoms with van der Waals surface area (Å²) in [5.74, 6) is 3.33. The van der Waals surface area contributed by atoms with Gasteiger partial charge in [-0.3, -0.25) is 5.10 Å². The van der Waals surface area contributed by atoms with Gasteiger partial charge in [-0.2, -0.15) is 0 Å². The molecular weight excluding hydrogens is 296 g/mol. The van der Waals surface area contributed by atoms with E-state index < -0.39 is 0 Å². The summed E-state index contributed by atoms with van der Waals surface area (Å²) in [6, 6.07) is 7.37. The van der Waals surface area contributed by atoms with Gasteiger partial charge < -0.3 is 19.5 Å². The summed E-state index contributed by atoms with van der Waals surface area (Å²) in [5, 5.41) is 13.3. The van der Waals surface area contributed by atoms with Gasteiger partial charge in [-0.1, -0.05) is 0 Å². The SMILES string of the molecule is CCNC(=NCc1nc(-c2ccco2)n[nH]1)NCc1ccco1. The second-order valence-electron chi connectivity index (χ2n) is 4.71. The molecule has 0 atom stereocenters. The minimum Gasteiger partial charge on any atom is -0.467 e. The van der Waals surface area contributed by atoms with E-state index in [1.54, 1.807) is 18.6 Å². The van der Waals surface area contributed by atoms with E-state index >= 15 is 0 Å². The number of aromatic amines is 1. The average Bonchev–Trinajstić information content (AvgIpc) is 3.32. The Labute approximate surface area is 133 Å². The maximum atomic E-state index is 5.29. The zero-order valence-corrected chi connectivity index (χ0v) is 12.7. The van der Waals surface area contributed by atoms with E-state index in [1.807, 2.05) is 25.1 Å². The summed E-state index contributed by atoms with van der Waals surface area (Å²) < 4.78 is 10.5. The van der Waals surface area contributed by atoms with Gasteiger partial charge in [0.15, 0.2) is 11.7 Å². The number of H-pyrrole nitrogens is 1. The van der Waals surface area contributed by atoms with Gasteiger partial charge in [0, 0.05) is 6.54 Å². The van der Waals surface area contributed by atoms with Gasteiger partial charge in [-0.05, 0) is 31.2 Å². The molecule has 0 saturated carbocycles. The molecule has 0 radical (unpaired) electrons. The normalized spacial score (nSPS) is 11.6. The van der Waals surface area contributed by atoms with Crippen LogP contribution in [-0.2, 0) is 13.1 Å². The topological polar surface area (TPSA) is 104 Å². The van der Waals surface area contributed by atoms with Crippen LogP contribution in [0.5, 0.6) is 0 Å². The standard InChI is InChI=1S/C15H18N6O2/c1-2-16-15(17-9-11-5-3-7-22-11)18-10-13-19-14(21-20-13)12-6-4-8-23-12/h3-8H,2,9-10H2,1H3,(H2,16,17,18)(H,19,20,21). The molecule has 120 valence electrons. The van der Waals surface area contributed by atoms with Crippen molar-refractivity contribution in [1.82, 2.24) is 25.8 Å². The van der Waals surface area contributed by atoms with Crippen LogP contribution < -0.4 is 10.6 Å². The predicted octanol–water partition coefficient (Wildman–Crippen LogP) is 1.91. The molecule has 0 aliphatic heterocycles. The Morgan fingerprint density at radius 1 is 1.22 bits per heavy atom. The molecule has 0 saturated heterocycles. The van der Waals surface area contributed by atoms with E-state index in [9.17, 15) is 0 Å². The van der Waals surface area contributed by atoms with E-state index in [0.717, 1.165) is 12.3 Å². The molecule has 3 heterocycles. The van der Waals surface area contributed by atoms with Crippen LogP contribution in [0.2, 0.25) is 0 Å². The maximum absolute atomic E-state index is 5.29. The highest BCUT2D eigenvalue weighted by atomic mass is 16.3. The van der Waals surface area contributed by atoms with E-state index in [0.29, 0.717) is 36.5 Å². The minimum absolute atomic E-state index is 0.376. The van der Waals surface area contributed by atoms with Crippen LogP contribution in [0, 0.1) is 0 Å². The Balaban J connectivity index is 1.61. The van der Waals surface area contributed by atoms with Gasteiger partial charge in [0.2, 0.25) is 5.82 Å². The summed E-state index contributed by atoms with van der Waals surface area (Å²) in [6.45, 7) is 3.71. The molecule has 0 aliphatic rings. The van der Waals surface area contributed by atoms with E-state index in [4.69, 9.17) is 8.83 Å². The van der Waals surface area contributed by atoms with E-state index in [2.05, 4.69) is 30.8 Å². The first kappa shape index (κ1) is 14.9. The number of aliphatic imine (C=N–C) groups is 1. The van der Waals surface area contributed by atoms with Crippen molar-refractivity contribution in [2.45, 2.75) is 20.0 Å². The van der Waals surface area contributed by atoms with E-state index in [-0.39, 0.29) is 0 Å². The van der Waals surface area contributed by atoms with Crippen LogP contribution in [0.15, 0.2) is 50.6 Å². The molecule has 0 amide bonds. The molecule has 3 aromatic rings. The summed E-state index contributed by atoms with van der Waals surface area (Å²) >= 11 is 0. The summed E-state index contributed by atoms with van der Waals surface area (Å²) in [7, 11) is 0. The number of hydrogen-bond acceptors (Lipinski definition) is 5. The van der Waals surface area contributed by atoms with Crippen molar-refractivity contribution in [1.29, 1.82) is 0 Å². The smallest absolute Gasteiger partial charge is 0.216 e. The Morgan fingerprint density at radius 2 is 2.09 bits per heavy atom. The van der Waals surface area contributed by atoms with Crippen molar-refractivity contribution >= 4 is 5.96 Å². The van der Waals surface area contributed by atoms with Crippen LogP contribution >= 0.6 is 0 Å². The maximum Gasteiger partial charge on any atom is 0.216 e. The fourth-order valence-electron chi connectivity index (χ4n) is 1.96. The Kier molecular flexibility index (Phi) is 4.72. The lowest BCUT2D eigenvalue weighted by Crippen LogP contribution is -2.36. The summed E-state index contributed by atoms with van der Waals surface area (Å²) in [5.41, 5.74) is 0. The zero-order chi connectivity index (χ0) is 15.9. The second-order valence-corrected chi connectivity index (χ2v) is 4.71. The van der Waals surface area contributed by atoms with Crippen molar-refractivity contribution in [2.24, 2.45) is 4.99 Å². The molecule has 0 spiro atoms. The third kappa shape index (κ3) is 4.00. The van der Waals surface area contributed by atoms with Crippen molar-refractivity contribution in [3.63, 3.8) is 0 Å². The van der Waals surface area contributed by atoms with Gasteiger partial charge >= 0.3 is 0 Å². The number of aromatic nitrogens is 3. The second kappa shape index (κ2) is 7.30. The Morgan fingerprint density at radius 3 is 2.83 bits per heavy atom. The molecule has 0 aromatic carbocycles. The van der Waals surface area contributed by atoms with Gasteiger partial charge in [0.25, 0.3) is 0 Å². The number of nitrogens with zero attached hydrogens (tertiary/aromatic N) is 3. The number of rotatable bonds is 6. The van der Waals surface area contributed by atoms with Crippen molar-refractivity contribution < 1.29 is 8.83 Å². The van der Waals surface area contributed by atoms with Crippen molar-refractivity contribution in [3.8, 4) is 11.6 Å². The van der Waals surface area contributed by atoms with Crippen molar-refractivity contribution in [3.05, 3.63) is 48.4 Å². The lowest BCUT2D eigenvalue weighted by molar-refractivity contribution is 0.501. The Hall–Kier alpha value is -3.03. The monoisotopic (exact) mass is 314 g/mol. The van der Waals surface area contributed by atoms with Crippen LogP contribution in [0.25, 0.3) is 11.6 Å². The van der Waals surface area contributed by atoms with E-state index in [1.165, 1.54) is 0 Å². The molecule has 3 aromatic heterocycles. The molecule has 3 rings (SSSR count). The highest BCUT2D eigenvalue weighted by Crippen LogP contribution is 2.14. The fourth-order valence-corrected chi connectivity index (χ4v) is 1.96. The molecule has 0 bridgehead atoms. The van der Waals surface area contributed by atoms with Gasteiger partial charge in [-0.25, -0.2) is 9.98 Å². The first-order valence-electron chi connectivity index (χ1n) is 7.35. The summed E-state index contributed by atoms with van der Waals surface area (Å²) in [4.78, 5) is 8.82. The van der Waals surface area contributed by atoms with Gasteiger partial charge in [-0.15, -0.1) is 5.10 Å². The number of nitrogens with one attached hydrogen (secondary N) is 3. The lowest BCUT2D eigenvalue weighted by Gasteiger charge is -2.09. The minimum atomic E-state index is 0.376. The third-order valence-electron chi connectivity index (χ3n) is 3.01. The highest BCUT2D eigenvalue weighted by molar-refractivity contribution is 5.79. The quantitative estimate of drug-likeness (QED) is 0.474. The first-order chi connectivity index (χ1) is 11.3. The van der Waals surface area contributed by atoms with Crippen LogP contribution in [0.1, 0.15) is 18.5 Å². The molecular formula is C15H18N6O2.